The number of fused-ring (bicyclic) bond motifs is 1. The largest absolute Gasteiger partial charge is 0.444 e. The van der Waals surface area contributed by atoms with Crippen molar-refractivity contribution in [2.45, 2.75) is 45.1 Å². The first-order valence-electron chi connectivity index (χ1n) is 8.80. The molecule has 140 valence electrons. The molecule has 1 aliphatic rings. The van der Waals surface area contributed by atoms with Gasteiger partial charge < -0.3 is 9.64 Å². The third-order valence-electron chi connectivity index (χ3n) is 4.51. The Balaban J connectivity index is 1.91. The van der Waals surface area contributed by atoms with Gasteiger partial charge in [-0.15, -0.1) is 0 Å². The van der Waals surface area contributed by atoms with Gasteiger partial charge in [-0.1, -0.05) is 11.6 Å². The molecule has 0 N–H and O–H groups in total. The van der Waals surface area contributed by atoms with Crippen molar-refractivity contribution in [1.82, 2.24) is 14.5 Å². The molecule has 6 nitrogen and oxygen atoms in total. The number of nitrogens with zero attached hydrogens (tertiary/aromatic N) is 3. The van der Waals surface area contributed by atoms with Crippen LogP contribution < -0.4 is 5.56 Å². The van der Waals surface area contributed by atoms with Gasteiger partial charge in [0.2, 0.25) is 0 Å². The minimum atomic E-state index is -0.530. The van der Waals surface area contributed by atoms with Gasteiger partial charge in [-0.3, -0.25) is 9.36 Å². The maximum Gasteiger partial charge on any atom is 0.410 e. The van der Waals surface area contributed by atoms with Gasteiger partial charge in [0.1, 0.15) is 11.4 Å². The number of rotatable bonds is 1. The molecule has 3 rings (SSSR count). The molecule has 0 aliphatic carbocycles. The molecule has 2 aromatic rings. The summed E-state index contributed by atoms with van der Waals surface area (Å²) in [5.74, 6) is 0.687. The Morgan fingerprint density at radius 3 is 2.77 bits per heavy atom. The molecule has 0 radical (unpaired) electrons. The highest BCUT2D eigenvalue weighted by Gasteiger charge is 2.30. The highest BCUT2D eigenvalue weighted by molar-refractivity contribution is 6.31. The number of aromatic nitrogens is 2. The smallest absolute Gasteiger partial charge is 0.410 e. The molecule has 0 spiro atoms. The monoisotopic (exact) mass is 377 g/mol. The number of benzene rings is 1. The highest BCUT2D eigenvalue weighted by atomic mass is 35.5. The molecule has 0 bridgehead atoms. The van der Waals surface area contributed by atoms with E-state index in [1.807, 2.05) is 20.8 Å². The lowest BCUT2D eigenvalue weighted by Crippen LogP contribution is -2.43. The molecule has 7 heteroatoms. The van der Waals surface area contributed by atoms with Gasteiger partial charge in [0.25, 0.3) is 5.56 Å². The minimum Gasteiger partial charge on any atom is -0.444 e. The lowest BCUT2D eigenvalue weighted by Gasteiger charge is -2.34. The zero-order chi connectivity index (χ0) is 19.1. The SMILES string of the molecule is Cn1c([C@@H]2CCCN(C(=O)OC(C)(C)C)C2)nc2ccc(Cl)cc2c1=O. The molecule has 26 heavy (non-hydrogen) atoms. The van der Waals surface area contributed by atoms with Crippen molar-refractivity contribution in [3.05, 3.63) is 39.4 Å². The van der Waals surface area contributed by atoms with Crippen LogP contribution in [0, 0.1) is 0 Å². The maximum atomic E-state index is 12.7. The quantitative estimate of drug-likeness (QED) is 0.760. The van der Waals surface area contributed by atoms with Crippen LogP contribution in [-0.2, 0) is 11.8 Å². The first-order chi connectivity index (χ1) is 12.2. The van der Waals surface area contributed by atoms with E-state index in [-0.39, 0.29) is 17.6 Å². The summed E-state index contributed by atoms with van der Waals surface area (Å²) < 4.78 is 7.05. The highest BCUT2D eigenvalue weighted by Crippen LogP contribution is 2.27. The van der Waals surface area contributed by atoms with Gasteiger partial charge in [-0.2, -0.15) is 0 Å². The van der Waals surface area contributed by atoms with Gasteiger partial charge in [0, 0.05) is 31.1 Å². The number of hydrogen-bond donors (Lipinski definition) is 0. The predicted molar refractivity (Wildman–Crippen MR) is 102 cm³/mol. The third-order valence-corrected chi connectivity index (χ3v) is 4.75. The fraction of sp³-hybridized carbons (Fsp3) is 0.526. The van der Waals surface area contributed by atoms with Crippen molar-refractivity contribution >= 4 is 28.6 Å². The Morgan fingerprint density at radius 1 is 1.35 bits per heavy atom. The van der Waals surface area contributed by atoms with Gasteiger partial charge in [0.15, 0.2) is 0 Å². The average Bonchev–Trinajstić information content (AvgIpc) is 2.57. The Morgan fingerprint density at radius 2 is 2.08 bits per heavy atom. The molecule has 1 aromatic heterocycles. The van der Waals surface area contributed by atoms with E-state index >= 15 is 0 Å². The fourth-order valence-electron chi connectivity index (χ4n) is 3.31. The topological polar surface area (TPSA) is 64.4 Å². The maximum absolute atomic E-state index is 12.7. The lowest BCUT2D eigenvalue weighted by molar-refractivity contribution is 0.0195. The standard InChI is InChI=1S/C19H24ClN3O3/c1-19(2,3)26-18(25)23-9-5-6-12(11-23)16-21-15-8-7-13(20)10-14(15)17(24)22(16)4/h7-8,10,12H,5-6,9,11H2,1-4H3/t12-/m1/s1. The van der Waals surface area contributed by atoms with Crippen molar-refractivity contribution in [1.29, 1.82) is 0 Å². The minimum absolute atomic E-state index is 0.00551. The van der Waals surface area contributed by atoms with Crippen LogP contribution in [0.25, 0.3) is 10.9 Å². The Kier molecular flexibility index (Phi) is 4.97. The van der Waals surface area contributed by atoms with Crippen LogP contribution in [0.15, 0.2) is 23.0 Å². The zero-order valence-electron chi connectivity index (χ0n) is 15.6. The normalized spacial score (nSPS) is 18.2. The number of halogens is 1. The number of ether oxygens (including phenoxy) is 1. The molecule has 1 saturated heterocycles. The van der Waals surface area contributed by atoms with Gasteiger partial charge in [-0.25, -0.2) is 9.78 Å². The van der Waals surface area contributed by atoms with Crippen molar-refractivity contribution in [3.8, 4) is 0 Å². The van der Waals surface area contributed by atoms with E-state index in [1.54, 1.807) is 34.7 Å². The van der Waals surface area contributed by atoms with Crippen molar-refractivity contribution in [3.63, 3.8) is 0 Å². The number of likely N-dealkylation sites (tertiary alicyclic amines) is 1. The zero-order valence-corrected chi connectivity index (χ0v) is 16.3. The number of hydrogen-bond acceptors (Lipinski definition) is 4. The van der Waals surface area contributed by atoms with Crippen molar-refractivity contribution < 1.29 is 9.53 Å². The Hall–Kier alpha value is -2.08. The average molecular weight is 378 g/mol. The second-order valence-corrected chi connectivity index (χ2v) is 8.20. The molecule has 1 amide bonds. The van der Waals surface area contributed by atoms with E-state index in [0.717, 1.165) is 12.8 Å². The molecule has 1 fully saturated rings. The summed E-state index contributed by atoms with van der Waals surface area (Å²) in [6.45, 7) is 6.71. The van der Waals surface area contributed by atoms with Crippen LogP contribution in [0.5, 0.6) is 0 Å². The molecular weight excluding hydrogens is 354 g/mol. The Bertz CT molecular complexity index is 901. The van der Waals surface area contributed by atoms with Crippen LogP contribution in [0.4, 0.5) is 4.79 Å². The second kappa shape index (κ2) is 6.91. The lowest BCUT2D eigenvalue weighted by atomic mass is 9.97. The van der Waals surface area contributed by atoms with Gasteiger partial charge in [0.05, 0.1) is 10.9 Å². The third kappa shape index (κ3) is 3.85. The Labute approximate surface area is 157 Å². The summed E-state index contributed by atoms with van der Waals surface area (Å²) in [4.78, 5) is 31.5. The summed E-state index contributed by atoms with van der Waals surface area (Å²) in [7, 11) is 1.72. The van der Waals surface area contributed by atoms with E-state index in [1.165, 1.54) is 0 Å². The van der Waals surface area contributed by atoms with Crippen LogP contribution in [0.3, 0.4) is 0 Å². The predicted octanol–water partition coefficient (Wildman–Crippen LogP) is 3.70. The number of piperidine rings is 1. The molecule has 2 heterocycles. The first-order valence-corrected chi connectivity index (χ1v) is 9.17. The van der Waals surface area contributed by atoms with E-state index in [0.29, 0.717) is 34.8 Å². The van der Waals surface area contributed by atoms with Crippen LogP contribution in [0.1, 0.15) is 45.4 Å². The van der Waals surface area contributed by atoms with E-state index in [9.17, 15) is 9.59 Å². The second-order valence-electron chi connectivity index (χ2n) is 7.76. The van der Waals surface area contributed by atoms with E-state index < -0.39 is 5.60 Å². The molecule has 1 atom stereocenters. The van der Waals surface area contributed by atoms with Gasteiger partial charge >= 0.3 is 6.09 Å². The molecule has 0 saturated carbocycles. The van der Waals surface area contributed by atoms with Crippen LogP contribution in [-0.4, -0.2) is 39.2 Å². The van der Waals surface area contributed by atoms with E-state index in [4.69, 9.17) is 21.3 Å². The molecule has 1 aromatic carbocycles. The molecule has 0 unspecified atom stereocenters. The molecular formula is C19H24ClN3O3. The van der Waals surface area contributed by atoms with Crippen LogP contribution >= 0.6 is 11.6 Å². The summed E-state index contributed by atoms with van der Waals surface area (Å²) >= 11 is 6.00. The fourth-order valence-corrected chi connectivity index (χ4v) is 3.48. The number of carbonyl (C=O) groups is 1. The van der Waals surface area contributed by atoms with Crippen molar-refractivity contribution in [2.75, 3.05) is 13.1 Å². The summed E-state index contributed by atoms with van der Waals surface area (Å²) in [6, 6.07) is 5.13. The summed E-state index contributed by atoms with van der Waals surface area (Å²) in [6.07, 6.45) is 1.40. The number of carbonyl (C=O) groups excluding carboxylic acids is 1. The van der Waals surface area contributed by atoms with E-state index in [2.05, 4.69) is 0 Å². The summed E-state index contributed by atoms with van der Waals surface area (Å²) in [5, 5.41) is 1.02. The molecule has 1 aliphatic heterocycles. The van der Waals surface area contributed by atoms with Crippen molar-refractivity contribution in [2.24, 2.45) is 7.05 Å². The van der Waals surface area contributed by atoms with Crippen LogP contribution in [0.2, 0.25) is 5.02 Å². The number of amides is 1. The van der Waals surface area contributed by atoms with Gasteiger partial charge in [-0.05, 0) is 51.8 Å². The first kappa shape index (κ1) is 18.7. The summed E-state index contributed by atoms with van der Waals surface area (Å²) in [5.41, 5.74) is -0.0269.